The zero-order valence-corrected chi connectivity index (χ0v) is 43.9. The second kappa shape index (κ2) is 23.9. The average molecular weight is 1030 g/mol. The molecule has 4 bridgehead atoms. The Bertz CT molecular complexity index is 2240. The van der Waals surface area contributed by atoms with Gasteiger partial charge in [-0.05, 0) is 68.9 Å². The second-order valence-corrected chi connectivity index (χ2v) is 23.2. The molecule has 4 aromatic rings. The molecular weight excluding hydrogens is 957 g/mol. The van der Waals surface area contributed by atoms with E-state index in [0.29, 0.717) is 39.5 Å². The second-order valence-electron chi connectivity index (χ2n) is 18.6. The highest BCUT2D eigenvalue weighted by Gasteiger charge is 2.66. The summed E-state index contributed by atoms with van der Waals surface area (Å²) in [4.78, 5) is 9.37. The van der Waals surface area contributed by atoms with Crippen LogP contribution in [-0.4, -0.2) is 80.2 Å². The van der Waals surface area contributed by atoms with Crippen LogP contribution in [0, 0.1) is 5.41 Å². The van der Waals surface area contributed by atoms with Gasteiger partial charge in [0.25, 0.3) is 0 Å². The number of para-hydroxylation sites is 1. The molecule has 1 N–H and O–H groups in total. The Morgan fingerprint density at radius 2 is 1.09 bits per heavy atom. The van der Waals surface area contributed by atoms with Crippen LogP contribution in [0.4, 0.5) is 0 Å². The van der Waals surface area contributed by atoms with Crippen molar-refractivity contribution in [3.05, 3.63) is 138 Å². The summed E-state index contributed by atoms with van der Waals surface area (Å²) in [5, 5.41) is 0. The molecule has 0 amide bonds. The highest BCUT2D eigenvalue weighted by atomic mass is 31.2. The van der Waals surface area contributed by atoms with Crippen molar-refractivity contribution in [2.75, 3.05) is 39.6 Å². The molecule has 11 rings (SSSR count). The third kappa shape index (κ3) is 12.5. The maximum atomic E-state index is 12.3. The Hall–Kier alpha value is -3.07. The molecule has 0 aromatic heterocycles. The van der Waals surface area contributed by atoms with Gasteiger partial charge in [-0.1, -0.05) is 162 Å². The minimum Gasteiger partial charge on any atom is -0.479 e. The summed E-state index contributed by atoms with van der Waals surface area (Å²) >= 11 is 0. The molecule has 18 heteroatoms. The summed E-state index contributed by atoms with van der Waals surface area (Å²) < 4.78 is 97.6. The predicted octanol–water partition coefficient (Wildman–Crippen LogP) is 12.8. The minimum atomic E-state index is -3.88. The number of fused-ring (bicyclic) bond motifs is 6. The first-order chi connectivity index (χ1) is 33.6. The van der Waals surface area contributed by atoms with Crippen LogP contribution in [0.1, 0.15) is 110 Å². The Balaban J connectivity index is 0.000000161. The van der Waals surface area contributed by atoms with E-state index in [0.717, 1.165) is 48.1 Å². The Labute approximate surface area is 413 Å². The summed E-state index contributed by atoms with van der Waals surface area (Å²) in [6.45, 7) is 13.7. The van der Waals surface area contributed by atoms with Gasteiger partial charge in [-0.3, -0.25) is 36.2 Å². The monoisotopic (exact) mass is 1030 g/mol. The number of hydrogen-bond donors (Lipinski definition) is 1. The van der Waals surface area contributed by atoms with Crippen molar-refractivity contribution >= 4 is 23.5 Å². The average Bonchev–Trinajstić information content (AvgIpc) is 3.36. The number of hydrogen-bond acceptors (Lipinski definition) is 14. The van der Waals surface area contributed by atoms with Crippen molar-refractivity contribution < 1.29 is 69.0 Å². The number of ether oxygens (including phenoxy) is 3. The lowest BCUT2D eigenvalue weighted by Crippen LogP contribution is -2.69. The van der Waals surface area contributed by atoms with Crippen LogP contribution in [0.25, 0.3) is 0 Å². The lowest BCUT2D eigenvalue weighted by Gasteiger charge is -2.55. The Morgan fingerprint density at radius 1 is 0.586 bits per heavy atom. The first-order valence-corrected chi connectivity index (χ1v) is 29.0. The van der Waals surface area contributed by atoms with Gasteiger partial charge in [-0.2, -0.15) is 0 Å². The van der Waals surface area contributed by atoms with Crippen molar-refractivity contribution in [3.63, 3.8) is 0 Å². The van der Waals surface area contributed by atoms with Gasteiger partial charge in [-0.25, -0.2) is 13.7 Å². The summed E-state index contributed by atoms with van der Waals surface area (Å²) in [7, 11) is -10.7. The van der Waals surface area contributed by atoms with Gasteiger partial charge in [0.2, 0.25) is 0 Å². The lowest BCUT2D eigenvalue weighted by atomic mass is 9.79. The minimum absolute atomic E-state index is 0.130. The quantitative estimate of drug-likeness (QED) is 0.0566. The van der Waals surface area contributed by atoms with Gasteiger partial charge >= 0.3 is 23.5 Å². The van der Waals surface area contributed by atoms with Crippen molar-refractivity contribution in [1.82, 2.24) is 0 Å². The number of unbranched alkanes of at least 4 members (excludes halogenated alkanes) is 4. The van der Waals surface area contributed by atoms with Crippen LogP contribution >= 0.6 is 23.5 Å². The van der Waals surface area contributed by atoms with Crippen molar-refractivity contribution in [2.24, 2.45) is 5.41 Å². The van der Waals surface area contributed by atoms with E-state index in [1.807, 2.05) is 106 Å². The highest BCUT2D eigenvalue weighted by Crippen LogP contribution is 2.66. The van der Waals surface area contributed by atoms with E-state index < -0.39 is 51.8 Å². The Morgan fingerprint density at radius 3 is 1.56 bits per heavy atom. The van der Waals surface area contributed by atoms with E-state index in [4.69, 9.17) is 50.4 Å². The van der Waals surface area contributed by atoms with E-state index in [9.17, 15) is 18.6 Å². The molecule has 7 saturated heterocycles. The van der Waals surface area contributed by atoms with Crippen LogP contribution in [0.15, 0.2) is 121 Å². The van der Waals surface area contributed by atoms with Crippen LogP contribution in [0.3, 0.4) is 0 Å². The molecule has 0 spiro atoms. The molecule has 15 nitrogen and oxygen atoms in total. The molecule has 6 unspecified atom stereocenters. The third-order valence-electron chi connectivity index (χ3n) is 13.6. The molecule has 7 heterocycles. The fourth-order valence-corrected chi connectivity index (χ4v) is 14.1. The van der Waals surface area contributed by atoms with Crippen molar-refractivity contribution in [3.8, 4) is 5.75 Å². The maximum Gasteiger partial charge on any atom is 0.476 e. The number of benzene rings is 4. The van der Waals surface area contributed by atoms with Crippen molar-refractivity contribution in [1.29, 1.82) is 0 Å². The van der Waals surface area contributed by atoms with Crippen LogP contribution < -0.4 is 4.74 Å². The van der Waals surface area contributed by atoms with Crippen molar-refractivity contribution in [2.45, 2.75) is 134 Å². The van der Waals surface area contributed by atoms with Gasteiger partial charge in [0.15, 0.2) is 5.60 Å². The summed E-state index contributed by atoms with van der Waals surface area (Å²) in [5.74, 6) is 0.721. The smallest absolute Gasteiger partial charge is 0.476 e. The van der Waals surface area contributed by atoms with Gasteiger partial charge in [0.1, 0.15) is 35.3 Å². The molecule has 7 fully saturated rings. The number of phosphoric ester groups is 3. The SMILES string of the molecule is CCC1OP2(=O)OC(C)C1(Oc1ccccc1)C(C)O2.CCCCCCCOC1(CCC)COP(=O)(O)OC1C.O=P12OCC(COC(c3ccccc3)(c3ccccc3)c3ccccc3)(CO1)CO2. The molecule has 0 radical (unpaired) electrons. The standard InChI is InChI=1S/C24H23O5P.C14H19O5P.C14H29O5P/c25-30-27-17-23(18-28-30,19-29-30)16-26-24(20-10-4-1-5-11-20,21-12-6-2-7-13-21)22-14-8-3-9-15-22;1-4-13-14(16-12-8-6-5-7-9-12)10(2)17-20(15,19-13)18-11(14)3;1-4-6-7-8-9-11-17-14(10-5-2)12-18-20(15,16)19-13(14)3/h1-15H,16-19H2;5-11,13H,4H2,1-3H3;13H,4-12H2,1-3H3,(H,15,16). The zero-order valence-electron chi connectivity index (χ0n) is 41.3. The molecule has 70 heavy (non-hydrogen) atoms. The molecule has 7 aliphatic rings. The number of phosphoric acid groups is 3. The zero-order chi connectivity index (χ0) is 49.9. The van der Waals surface area contributed by atoms with Gasteiger partial charge in [-0.15, -0.1) is 0 Å². The summed E-state index contributed by atoms with van der Waals surface area (Å²) in [6, 6.07) is 40.1. The summed E-state index contributed by atoms with van der Waals surface area (Å²) in [5.41, 5.74) is 0.377. The third-order valence-corrected chi connectivity index (χ3v) is 17.6. The van der Waals surface area contributed by atoms with E-state index in [1.54, 1.807) is 6.92 Å². The molecule has 0 saturated carbocycles. The Kier molecular flexibility index (Phi) is 18.6. The molecule has 6 atom stereocenters. The fourth-order valence-electron chi connectivity index (χ4n) is 9.62. The lowest BCUT2D eigenvalue weighted by molar-refractivity contribution is -0.235. The number of rotatable bonds is 18. The van der Waals surface area contributed by atoms with Crippen LogP contribution in [0.5, 0.6) is 5.75 Å². The van der Waals surface area contributed by atoms with Gasteiger partial charge in [0, 0.05) is 6.61 Å². The van der Waals surface area contributed by atoms with E-state index in [-0.39, 0.29) is 24.9 Å². The molecule has 0 aliphatic carbocycles. The largest absolute Gasteiger partial charge is 0.479 e. The first-order valence-electron chi connectivity index (χ1n) is 24.6. The molecule has 7 aliphatic heterocycles. The first kappa shape index (κ1) is 54.7. The van der Waals surface area contributed by atoms with E-state index >= 15 is 0 Å². The van der Waals surface area contributed by atoms with E-state index in [2.05, 4.69) is 50.2 Å². The molecular formula is C52H71O15P3. The molecule has 384 valence electrons. The van der Waals surface area contributed by atoms with Gasteiger partial charge < -0.3 is 19.1 Å². The summed E-state index contributed by atoms with van der Waals surface area (Å²) in [6.07, 6.45) is 6.77. The molecule has 4 aromatic carbocycles. The van der Waals surface area contributed by atoms with Gasteiger partial charge in [0.05, 0.1) is 44.6 Å². The normalized spacial score (nSPS) is 33.3. The predicted molar refractivity (Wildman–Crippen MR) is 265 cm³/mol. The highest BCUT2D eigenvalue weighted by molar-refractivity contribution is 7.49. The fraction of sp³-hybridized carbons (Fsp3) is 0.538. The van der Waals surface area contributed by atoms with Crippen LogP contribution in [-0.2, 0) is 65.0 Å². The maximum absolute atomic E-state index is 12.3. The van der Waals surface area contributed by atoms with Crippen LogP contribution in [0.2, 0.25) is 0 Å². The van der Waals surface area contributed by atoms with E-state index in [1.165, 1.54) is 19.3 Å². The topological polar surface area (TPSA) is 173 Å².